The van der Waals surface area contributed by atoms with Gasteiger partial charge in [-0.1, -0.05) is 0 Å². The van der Waals surface area contributed by atoms with E-state index in [0.29, 0.717) is 12.4 Å². The Morgan fingerprint density at radius 2 is 2.12 bits per heavy atom. The third kappa shape index (κ3) is 4.40. The first-order valence-electron chi connectivity index (χ1n) is 5.53. The van der Waals surface area contributed by atoms with E-state index in [-0.39, 0.29) is 5.69 Å². The van der Waals surface area contributed by atoms with Crippen molar-refractivity contribution in [3.05, 3.63) is 33.9 Å². The minimum Gasteiger partial charge on any atom is -0.493 e. The number of nitro groups is 1. The molecular weight excluding hydrogens is 220 g/mol. The zero-order chi connectivity index (χ0) is 12.8. The highest BCUT2D eigenvalue weighted by Gasteiger charge is 2.09. The van der Waals surface area contributed by atoms with Gasteiger partial charge in [0, 0.05) is 12.6 Å². The van der Waals surface area contributed by atoms with Gasteiger partial charge in [-0.15, -0.1) is 0 Å². The molecule has 0 aliphatic carbocycles. The minimum atomic E-state index is -0.411. The van der Waals surface area contributed by atoms with E-state index in [0.717, 1.165) is 18.5 Å². The average molecular weight is 238 g/mol. The van der Waals surface area contributed by atoms with Gasteiger partial charge in [0.1, 0.15) is 5.75 Å². The van der Waals surface area contributed by atoms with Gasteiger partial charge in [0.2, 0.25) is 0 Å². The van der Waals surface area contributed by atoms with Crippen molar-refractivity contribution in [3.63, 3.8) is 0 Å². The summed E-state index contributed by atoms with van der Waals surface area (Å²) in [6, 6.07) is 4.67. The summed E-state index contributed by atoms with van der Waals surface area (Å²) in [5.74, 6) is 0.595. The molecule has 1 aromatic rings. The predicted molar refractivity (Wildman–Crippen MR) is 66.5 cm³/mol. The second kappa shape index (κ2) is 6.20. The van der Waals surface area contributed by atoms with Gasteiger partial charge >= 0.3 is 0 Å². The molecule has 1 rings (SSSR count). The van der Waals surface area contributed by atoms with E-state index in [2.05, 4.69) is 4.90 Å². The molecule has 0 aromatic heterocycles. The molecule has 17 heavy (non-hydrogen) atoms. The average Bonchev–Trinajstić information content (AvgIpc) is 2.25. The fourth-order valence-electron chi connectivity index (χ4n) is 1.42. The molecule has 0 N–H and O–H groups in total. The number of ether oxygens (including phenoxy) is 1. The Morgan fingerprint density at radius 3 is 2.71 bits per heavy atom. The maximum absolute atomic E-state index is 10.6. The van der Waals surface area contributed by atoms with Crippen molar-refractivity contribution in [2.24, 2.45) is 0 Å². The normalized spacial score (nSPS) is 10.6. The Hall–Kier alpha value is -1.62. The van der Waals surface area contributed by atoms with Crippen LogP contribution in [0.5, 0.6) is 5.75 Å². The number of non-ortho nitro benzene ring substituents is 1. The van der Waals surface area contributed by atoms with Crippen LogP contribution in [0.25, 0.3) is 0 Å². The smallest absolute Gasteiger partial charge is 0.273 e. The van der Waals surface area contributed by atoms with Crippen molar-refractivity contribution in [1.82, 2.24) is 4.90 Å². The first-order valence-corrected chi connectivity index (χ1v) is 5.53. The van der Waals surface area contributed by atoms with Crippen molar-refractivity contribution in [1.29, 1.82) is 0 Å². The fraction of sp³-hybridized carbons (Fsp3) is 0.500. The van der Waals surface area contributed by atoms with Gasteiger partial charge in [0.15, 0.2) is 0 Å². The Kier molecular flexibility index (Phi) is 4.90. The lowest BCUT2D eigenvalue weighted by Crippen LogP contribution is -2.15. The summed E-state index contributed by atoms with van der Waals surface area (Å²) in [5, 5.41) is 10.6. The van der Waals surface area contributed by atoms with Gasteiger partial charge in [0.05, 0.1) is 17.6 Å². The Morgan fingerprint density at radius 1 is 1.41 bits per heavy atom. The summed E-state index contributed by atoms with van der Waals surface area (Å²) in [5.41, 5.74) is 0.985. The second-order valence-corrected chi connectivity index (χ2v) is 4.21. The maximum Gasteiger partial charge on any atom is 0.273 e. The summed E-state index contributed by atoms with van der Waals surface area (Å²) in [7, 11) is 4.00. The van der Waals surface area contributed by atoms with Gasteiger partial charge < -0.3 is 9.64 Å². The molecule has 0 fully saturated rings. The van der Waals surface area contributed by atoms with Crippen molar-refractivity contribution in [2.45, 2.75) is 13.3 Å². The molecule has 0 heterocycles. The van der Waals surface area contributed by atoms with Gasteiger partial charge in [-0.05, 0) is 39.1 Å². The summed E-state index contributed by atoms with van der Waals surface area (Å²) in [4.78, 5) is 12.3. The molecule has 0 amide bonds. The van der Waals surface area contributed by atoms with E-state index in [1.807, 2.05) is 21.0 Å². The number of aryl methyl sites for hydroxylation is 1. The van der Waals surface area contributed by atoms with Crippen molar-refractivity contribution in [3.8, 4) is 5.75 Å². The molecule has 0 saturated heterocycles. The molecule has 5 heteroatoms. The quantitative estimate of drug-likeness (QED) is 0.433. The third-order valence-electron chi connectivity index (χ3n) is 2.39. The Labute approximate surface area is 101 Å². The van der Waals surface area contributed by atoms with Crippen molar-refractivity contribution in [2.75, 3.05) is 27.2 Å². The van der Waals surface area contributed by atoms with Crippen LogP contribution in [0.3, 0.4) is 0 Å². The minimum absolute atomic E-state index is 0.0678. The summed E-state index contributed by atoms with van der Waals surface area (Å²) >= 11 is 0. The molecule has 0 aliphatic rings. The van der Waals surface area contributed by atoms with E-state index in [1.165, 1.54) is 12.1 Å². The Bertz CT molecular complexity index is 391. The number of rotatable bonds is 6. The second-order valence-electron chi connectivity index (χ2n) is 4.21. The molecule has 94 valence electrons. The van der Waals surface area contributed by atoms with Crippen LogP contribution in [0.1, 0.15) is 12.0 Å². The molecule has 0 saturated carbocycles. The van der Waals surface area contributed by atoms with E-state index in [1.54, 1.807) is 6.07 Å². The van der Waals surface area contributed by atoms with Crippen LogP contribution >= 0.6 is 0 Å². The van der Waals surface area contributed by atoms with Crippen LogP contribution in [0.2, 0.25) is 0 Å². The van der Waals surface area contributed by atoms with E-state index in [9.17, 15) is 10.1 Å². The van der Waals surface area contributed by atoms with Crippen LogP contribution in [0.4, 0.5) is 5.69 Å². The largest absolute Gasteiger partial charge is 0.493 e. The number of benzene rings is 1. The van der Waals surface area contributed by atoms with Gasteiger partial charge in [-0.25, -0.2) is 0 Å². The molecule has 0 aliphatic heterocycles. The van der Waals surface area contributed by atoms with E-state index >= 15 is 0 Å². The van der Waals surface area contributed by atoms with Crippen LogP contribution in [-0.2, 0) is 0 Å². The lowest BCUT2D eigenvalue weighted by Gasteiger charge is -2.11. The van der Waals surface area contributed by atoms with Gasteiger partial charge in [-0.2, -0.15) is 0 Å². The number of nitro benzene ring substituents is 1. The van der Waals surface area contributed by atoms with Crippen molar-refractivity contribution < 1.29 is 9.66 Å². The highest BCUT2D eigenvalue weighted by Crippen LogP contribution is 2.23. The summed E-state index contributed by atoms with van der Waals surface area (Å²) in [6.45, 7) is 3.39. The standard InChI is InChI=1S/C12H18N2O3/c1-10-5-6-11(14(15)16)9-12(10)17-8-4-7-13(2)3/h5-6,9H,4,7-8H2,1-3H3. The molecule has 0 unspecified atom stereocenters. The summed E-state index contributed by atoms with van der Waals surface area (Å²) in [6.07, 6.45) is 0.898. The first-order chi connectivity index (χ1) is 8.00. The lowest BCUT2D eigenvalue weighted by molar-refractivity contribution is -0.384. The SMILES string of the molecule is Cc1ccc([N+](=O)[O-])cc1OCCCN(C)C. The maximum atomic E-state index is 10.6. The van der Waals surface area contributed by atoms with Gasteiger partial charge in [0.25, 0.3) is 5.69 Å². The molecular formula is C12H18N2O3. The highest BCUT2D eigenvalue weighted by molar-refractivity contribution is 5.43. The Balaban J connectivity index is 2.57. The third-order valence-corrected chi connectivity index (χ3v) is 2.39. The molecule has 0 bridgehead atoms. The van der Waals surface area contributed by atoms with Crippen molar-refractivity contribution >= 4 is 5.69 Å². The fourth-order valence-corrected chi connectivity index (χ4v) is 1.42. The number of hydrogen-bond acceptors (Lipinski definition) is 4. The molecule has 0 radical (unpaired) electrons. The molecule has 1 aromatic carbocycles. The van der Waals surface area contributed by atoms with Crippen LogP contribution < -0.4 is 4.74 Å². The molecule has 5 nitrogen and oxygen atoms in total. The van der Waals surface area contributed by atoms with E-state index < -0.39 is 4.92 Å². The predicted octanol–water partition coefficient (Wildman–Crippen LogP) is 2.23. The van der Waals surface area contributed by atoms with Gasteiger partial charge in [-0.3, -0.25) is 10.1 Å². The van der Waals surface area contributed by atoms with Crippen LogP contribution in [-0.4, -0.2) is 37.1 Å². The van der Waals surface area contributed by atoms with Crippen LogP contribution in [0, 0.1) is 17.0 Å². The first kappa shape index (κ1) is 13.4. The molecule has 0 atom stereocenters. The van der Waals surface area contributed by atoms with E-state index in [4.69, 9.17) is 4.74 Å². The topological polar surface area (TPSA) is 55.6 Å². The molecule has 0 spiro atoms. The monoisotopic (exact) mass is 238 g/mol. The van der Waals surface area contributed by atoms with Crippen LogP contribution in [0.15, 0.2) is 18.2 Å². The zero-order valence-electron chi connectivity index (χ0n) is 10.5. The zero-order valence-corrected chi connectivity index (χ0v) is 10.5. The number of nitrogens with zero attached hydrogens (tertiary/aromatic N) is 2. The number of hydrogen-bond donors (Lipinski definition) is 0. The highest BCUT2D eigenvalue weighted by atomic mass is 16.6. The lowest BCUT2D eigenvalue weighted by atomic mass is 10.2. The summed E-state index contributed by atoms with van der Waals surface area (Å²) < 4.78 is 5.55.